The van der Waals surface area contributed by atoms with E-state index in [0.717, 1.165) is 25.1 Å². The summed E-state index contributed by atoms with van der Waals surface area (Å²) in [6.07, 6.45) is 2.17. The molecule has 0 aliphatic heterocycles. The fraction of sp³-hybridized carbons (Fsp3) is 0.350. The number of carbonyl (C=O) groups excluding carboxylic acids is 1. The minimum Gasteiger partial charge on any atom is -0.491 e. The Morgan fingerprint density at radius 1 is 1.08 bits per heavy atom. The highest BCUT2D eigenvalue weighted by molar-refractivity contribution is 6.06. The molecule has 0 radical (unpaired) electrons. The molecule has 0 spiro atoms. The van der Waals surface area contributed by atoms with Crippen molar-refractivity contribution in [3.63, 3.8) is 0 Å². The topological polar surface area (TPSA) is 41.6 Å². The lowest BCUT2D eigenvalue weighted by molar-refractivity contribution is 0.102. The third-order valence-electron chi connectivity index (χ3n) is 3.68. The van der Waals surface area contributed by atoms with Crippen LogP contribution in [0.25, 0.3) is 0 Å². The van der Waals surface area contributed by atoms with Crippen LogP contribution in [0.15, 0.2) is 48.5 Å². The first kappa shape index (κ1) is 18.0. The van der Waals surface area contributed by atoms with Crippen molar-refractivity contribution < 1.29 is 9.53 Å². The first-order valence-electron chi connectivity index (χ1n) is 8.37. The molecule has 4 heteroatoms. The zero-order valence-electron chi connectivity index (χ0n) is 14.7. The molecule has 24 heavy (non-hydrogen) atoms. The zero-order chi connectivity index (χ0) is 17.4. The SMILES string of the molecule is CCCc1ccc(NC(=O)c2ccccc2OCCN(C)C)cc1. The first-order chi connectivity index (χ1) is 11.6. The average Bonchev–Trinajstić information content (AvgIpc) is 2.57. The van der Waals surface area contributed by atoms with Crippen molar-refractivity contribution >= 4 is 11.6 Å². The molecule has 0 unspecified atom stereocenters. The molecule has 0 bridgehead atoms. The van der Waals surface area contributed by atoms with Crippen LogP contribution in [0, 0.1) is 0 Å². The molecule has 2 aromatic rings. The second kappa shape index (κ2) is 9.08. The second-order valence-electron chi connectivity index (χ2n) is 6.05. The fourth-order valence-electron chi connectivity index (χ4n) is 2.36. The number of nitrogens with one attached hydrogen (secondary N) is 1. The van der Waals surface area contributed by atoms with Gasteiger partial charge in [0.15, 0.2) is 0 Å². The van der Waals surface area contributed by atoms with E-state index < -0.39 is 0 Å². The molecule has 1 N–H and O–H groups in total. The maximum atomic E-state index is 12.5. The van der Waals surface area contributed by atoms with E-state index in [1.807, 2.05) is 49.3 Å². The van der Waals surface area contributed by atoms with Gasteiger partial charge in [-0.1, -0.05) is 37.6 Å². The predicted molar refractivity (Wildman–Crippen MR) is 98.9 cm³/mol. The van der Waals surface area contributed by atoms with Crippen LogP contribution in [0.1, 0.15) is 29.3 Å². The number of hydrogen-bond donors (Lipinski definition) is 1. The summed E-state index contributed by atoms with van der Waals surface area (Å²) in [4.78, 5) is 14.6. The maximum Gasteiger partial charge on any atom is 0.259 e. The standard InChI is InChI=1S/C20H26N2O2/c1-4-7-16-10-12-17(13-11-16)21-20(23)18-8-5-6-9-19(18)24-15-14-22(2)3/h5-6,8-13H,4,7,14-15H2,1-3H3,(H,21,23). The summed E-state index contributed by atoms with van der Waals surface area (Å²) in [5, 5.41) is 2.94. The van der Waals surface area contributed by atoms with Gasteiger partial charge in [-0.15, -0.1) is 0 Å². The van der Waals surface area contributed by atoms with Gasteiger partial charge in [-0.2, -0.15) is 0 Å². The molecule has 2 rings (SSSR count). The van der Waals surface area contributed by atoms with Crippen molar-refractivity contribution in [1.29, 1.82) is 0 Å². The smallest absolute Gasteiger partial charge is 0.259 e. The Balaban J connectivity index is 2.03. The van der Waals surface area contributed by atoms with Gasteiger partial charge in [0.25, 0.3) is 5.91 Å². The molecule has 0 heterocycles. The van der Waals surface area contributed by atoms with Gasteiger partial charge in [0.2, 0.25) is 0 Å². The summed E-state index contributed by atoms with van der Waals surface area (Å²) < 4.78 is 5.76. The number of rotatable bonds is 8. The van der Waals surface area contributed by atoms with Crippen LogP contribution in [-0.2, 0) is 6.42 Å². The summed E-state index contributed by atoms with van der Waals surface area (Å²) in [6, 6.07) is 15.3. The minimum absolute atomic E-state index is 0.154. The van der Waals surface area contributed by atoms with Crippen molar-refractivity contribution in [1.82, 2.24) is 4.90 Å². The Morgan fingerprint density at radius 3 is 2.46 bits per heavy atom. The molecule has 128 valence electrons. The van der Waals surface area contributed by atoms with Gasteiger partial charge in [0, 0.05) is 12.2 Å². The Morgan fingerprint density at radius 2 is 1.79 bits per heavy atom. The lowest BCUT2D eigenvalue weighted by Crippen LogP contribution is -2.20. The number of benzene rings is 2. The largest absolute Gasteiger partial charge is 0.491 e. The van der Waals surface area contributed by atoms with Gasteiger partial charge in [-0.05, 0) is 50.3 Å². The number of likely N-dealkylation sites (N-methyl/N-ethyl adjacent to an activating group) is 1. The van der Waals surface area contributed by atoms with E-state index in [1.165, 1.54) is 5.56 Å². The van der Waals surface area contributed by atoms with Gasteiger partial charge in [0.05, 0.1) is 5.56 Å². The molecule has 0 atom stereocenters. The van der Waals surface area contributed by atoms with Crippen LogP contribution in [0.3, 0.4) is 0 Å². The van der Waals surface area contributed by atoms with E-state index in [2.05, 4.69) is 24.4 Å². The van der Waals surface area contributed by atoms with Gasteiger partial charge in [-0.3, -0.25) is 4.79 Å². The Hall–Kier alpha value is -2.33. The number of para-hydroxylation sites is 1. The molecule has 2 aromatic carbocycles. The molecule has 0 fully saturated rings. The van der Waals surface area contributed by atoms with Crippen LogP contribution in [0.4, 0.5) is 5.69 Å². The highest BCUT2D eigenvalue weighted by Gasteiger charge is 2.12. The highest BCUT2D eigenvalue weighted by atomic mass is 16.5. The van der Waals surface area contributed by atoms with E-state index >= 15 is 0 Å². The predicted octanol–water partition coefficient (Wildman–Crippen LogP) is 3.83. The van der Waals surface area contributed by atoms with E-state index in [-0.39, 0.29) is 5.91 Å². The number of aryl methyl sites for hydroxylation is 1. The molecule has 0 saturated carbocycles. The lowest BCUT2D eigenvalue weighted by Gasteiger charge is -2.14. The molecule has 1 amide bonds. The van der Waals surface area contributed by atoms with Crippen LogP contribution < -0.4 is 10.1 Å². The number of amides is 1. The summed E-state index contributed by atoms with van der Waals surface area (Å²) in [5.74, 6) is 0.457. The Bertz CT molecular complexity index is 651. The van der Waals surface area contributed by atoms with Crippen LogP contribution in [0.2, 0.25) is 0 Å². The number of carbonyl (C=O) groups is 1. The van der Waals surface area contributed by atoms with Crippen LogP contribution in [-0.4, -0.2) is 38.1 Å². The second-order valence-corrected chi connectivity index (χ2v) is 6.05. The van der Waals surface area contributed by atoms with Gasteiger partial charge < -0.3 is 15.0 Å². The Labute approximate surface area is 144 Å². The van der Waals surface area contributed by atoms with Gasteiger partial charge in [-0.25, -0.2) is 0 Å². The summed E-state index contributed by atoms with van der Waals surface area (Å²) >= 11 is 0. The van der Waals surface area contributed by atoms with Crippen molar-refractivity contribution in [2.45, 2.75) is 19.8 Å². The molecule has 0 aliphatic rings. The quantitative estimate of drug-likeness (QED) is 0.801. The Kier molecular flexibility index (Phi) is 6.82. The average molecular weight is 326 g/mol. The maximum absolute atomic E-state index is 12.5. The monoisotopic (exact) mass is 326 g/mol. The van der Waals surface area contributed by atoms with Gasteiger partial charge >= 0.3 is 0 Å². The lowest BCUT2D eigenvalue weighted by atomic mass is 10.1. The summed E-state index contributed by atoms with van der Waals surface area (Å²) in [7, 11) is 3.98. The molecule has 0 aliphatic carbocycles. The zero-order valence-corrected chi connectivity index (χ0v) is 14.7. The van der Waals surface area contributed by atoms with Crippen LogP contribution >= 0.6 is 0 Å². The van der Waals surface area contributed by atoms with Crippen molar-refractivity contribution in [3.05, 3.63) is 59.7 Å². The number of anilines is 1. The minimum atomic E-state index is -0.154. The third-order valence-corrected chi connectivity index (χ3v) is 3.68. The molecule has 0 aromatic heterocycles. The van der Waals surface area contributed by atoms with E-state index in [1.54, 1.807) is 6.07 Å². The summed E-state index contributed by atoms with van der Waals surface area (Å²) in [6.45, 7) is 3.50. The molecular formula is C20H26N2O2. The highest BCUT2D eigenvalue weighted by Crippen LogP contribution is 2.20. The summed E-state index contributed by atoms with van der Waals surface area (Å²) in [5.41, 5.74) is 2.62. The van der Waals surface area contributed by atoms with Crippen LogP contribution in [0.5, 0.6) is 5.75 Å². The normalized spacial score (nSPS) is 10.7. The number of ether oxygens (including phenoxy) is 1. The van der Waals surface area contributed by atoms with Crippen molar-refractivity contribution in [2.24, 2.45) is 0 Å². The molecule has 4 nitrogen and oxygen atoms in total. The molecular weight excluding hydrogens is 300 g/mol. The van der Waals surface area contributed by atoms with Crippen molar-refractivity contribution in [3.8, 4) is 5.75 Å². The number of nitrogens with zero attached hydrogens (tertiary/aromatic N) is 1. The van der Waals surface area contributed by atoms with E-state index in [0.29, 0.717) is 17.9 Å². The van der Waals surface area contributed by atoms with Gasteiger partial charge in [0.1, 0.15) is 12.4 Å². The fourth-order valence-corrected chi connectivity index (χ4v) is 2.36. The van der Waals surface area contributed by atoms with E-state index in [9.17, 15) is 4.79 Å². The number of hydrogen-bond acceptors (Lipinski definition) is 3. The van der Waals surface area contributed by atoms with Crippen molar-refractivity contribution in [2.75, 3.05) is 32.6 Å². The van der Waals surface area contributed by atoms with E-state index in [4.69, 9.17) is 4.74 Å². The first-order valence-corrected chi connectivity index (χ1v) is 8.37. The molecule has 0 saturated heterocycles. The third kappa shape index (κ3) is 5.39.